The van der Waals surface area contributed by atoms with E-state index in [1.165, 1.54) is 29.2 Å². The van der Waals surface area contributed by atoms with Crippen molar-refractivity contribution in [2.45, 2.75) is 53.0 Å². The van der Waals surface area contributed by atoms with E-state index in [-0.39, 0.29) is 17.6 Å². The molecule has 0 spiro atoms. The van der Waals surface area contributed by atoms with Gasteiger partial charge in [0.25, 0.3) is 0 Å². The molecule has 3 N–H and O–H groups in total. The van der Waals surface area contributed by atoms with Gasteiger partial charge in [-0.1, -0.05) is 79.2 Å². The molecule has 38 heavy (non-hydrogen) atoms. The van der Waals surface area contributed by atoms with Crippen LogP contribution in [0.15, 0.2) is 90.5 Å². The van der Waals surface area contributed by atoms with Crippen LogP contribution in [0.25, 0.3) is 5.57 Å². The largest absolute Gasteiger partial charge is 0.508 e. The second kappa shape index (κ2) is 15.9. The smallest absolute Gasteiger partial charge is 0.216 e. The van der Waals surface area contributed by atoms with Crippen molar-refractivity contribution >= 4 is 23.5 Å². The zero-order chi connectivity index (χ0) is 27.9. The highest BCUT2D eigenvalue weighted by Gasteiger charge is 2.09. The Morgan fingerprint density at radius 2 is 1.61 bits per heavy atom. The summed E-state index contributed by atoms with van der Waals surface area (Å²) >= 11 is 0. The van der Waals surface area contributed by atoms with Crippen LogP contribution in [0.5, 0.6) is 5.75 Å². The number of rotatable bonds is 10. The SMILES string of the molecule is C/C(=C/C=C(\C)c1cc(O)ccc1NCc1ccccc1)C(C)c1cccc(CCC=O)c1.CNC(C)=O. The van der Waals surface area contributed by atoms with Crippen LogP contribution in [0.2, 0.25) is 0 Å². The minimum Gasteiger partial charge on any atom is -0.508 e. The van der Waals surface area contributed by atoms with Gasteiger partial charge in [0, 0.05) is 44.1 Å². The lowest BCUT2D eigenvalue weighted by Crippen LogP contribution is -2.11. The van der Waals surface area contributed by atoms with E-state index in [0.717, 1.165) is 36.1 Å². The van der Waals surface area contributed by atoms with Crippen LogP contribution in [0, 0.1) is 0 Å². The summed E-state index contributed by atoms with van der Waals surface area (Å²) in [5, 5.41) is 16.0. The van der Waals surface area contributed by atoms with Gasteiger partial charge in [0.1, 0.15) is 12.0 Å². The average Bonchev–Trinajstić information content (AvgIpc) is 2.94. The maximum Gasteiger partial charge on any atom is 0.216 e. The Bertz CT molecular complexity index is 1250. The third-order valence-electron chi connectivity index (χ3n) is 6.39. The topological polar surface area (TPSA) is 78.4 Å². The van der Waals surface area contributed by atoms with Gasteiger partial charge in [-0.3, -0.25) is 4.79 Å². The minimum absolute atomic E-state index is 0.00463. The van der Waals surface area contributed by atoms with Crippen LogP contribution in [-0.4, -0.2) is 24.3 Å². The van der Waals surface area contributed by atoms with E-state index in [9.17, 15) is 14.7 Å². The van der Waals surface area contributed by atoms with Gasteiger partial charge in [0.2, 0.25) is 5.91 Å². The standard InChI is InChI=1S/C30H33NO2.C3H7NO/c1-22(24(3)27-13-7-11-25(19-27)12-8-18-32)14-15-23(2)29-20-28(33)16-17-30(29)31-21-26-9-5-4-6-10-26;1-3(5)4-2/h4-7,9-11,13-20,24,31,33H,8,12,21H2,1-3H3;1-2H3,(H,4,5)/b22-14-,23-15+;. The predicted molar refractivity (Wildman–Crippen MR) is 158 cm³/mol. The molecule has 0 saturated carbocycles. The van der Waals surface area contributed by atoms with E-state index in [2.05, 4.69) is 80.0 Å². The first-order valence-corrected chi connectivity index (χ1v) is 12.9. The molecule has 0 bridgehead atoms. The molecule has 1 unspecified atom stereocenters. The number of aldehydes is 1. The number of amides is 1. The van der Waals surface area contributed by atoms with Crippen LogP contribution in [0.1, 0.15) is 62.3 Å². The maximum atomic E-state index is 10.7. The second-order valence-corrected chi connectivity index (χ2v) is 9.31. The van der Waals surface area contributed by atoms with Crippen molar-refractivity contribution < 1.29 is 14.7 Å². The van der Waals surface area contributed by atoms with E-state index in [0.29, 0.717) is 6.42 Å². The normalized spacial score (nSPS) is 12.1. The summed E-state index contributed by atoms with van der Waals surface area (Å²) in [6.07, 6.45) is 6.58. The molecule has 0 saturated heterocycles. The van der Waals surface area contributed by atoms with Crippen molar-refractivity contribution in [3.8, 4) is 5.75 Å². The number of carbonyl (C=O) groups excluding carboxylic acids is 2. The number of aryl methyl sites for hydroxylation is 1. The van der Waals surface area contributed by atoms with E-state index < -0.39 is 0 Å². The van der Waals surface area contributed by atoms with Gasteiger partial charge in [0.05, 0.1) is 0 Å². The number of allylic oxidation sites excluding steroid dienone is 4. The lowest BCUT2D eigenvalue weighted by molar-refractivity contribution is -0.118. The van der Waals surface area contributed by atoms with Crippen molar-refractivity contribution in [1.29, 1.82) is 0 Å². The van der Waals surface area contributed by atoms with Crippen molar-refractivity contribution in [3.05, 3.63) is 113 Å². The van der Waals surface area contributed by atoms with E-state index in [1.807, 2.05) is 30.3 Å². The van der Waals surface area contributed by atoms with Gasteiger partial charge in [-0.15, -0.1) is 0 Å². The van der Waals surface area contributed by atoms with Crippen LogP contribution in [0.3, 0.4) is 0 Å². The molecule has 0 fully saturated rings. The van der Waals surface area contributed by atoms with E-state index in [1.54, 1.807) is 13.1 Å². The van der Waals surface area contributed by atoms with Gasteiger partial charge in [-0.05, 0) is 60.7 Å². The highest BCUT2D eigenvalue weighted by atomic mass is 16.3. The predicted octanol–water partition coefficient (Wildman–Crippen LogP) is 7.04. The van der Waals surface area contributed by atoms with Gasteiger partial charge in [-0.2, -0.15) is 0 Å². The summed E-state index contributed by atoms with van der Waals surface area (Å²) in [5.74, 6) is 0.527. The Labute approximate surface area is 227 Å². The molecular formula is C33H40N2O3. The molecule has 0 radical (unpaired) electrons. The molecular weight excluding hydrogens is 472 g/mol. The Balaban J connectivity index is 0.000000926. The molecule has 0 aliphatic rings. The molecule has 3 aromatic carbocycles. The van der Waals surface area contributed by atoms with Crippen LogP contribution < -0.4 is 10.6 Å². The Morgan fingerprint density at radius 3 is 2.26 bits per heavy atom. The van der Waals surface area contributed by atoms with Crippen molar-refractivity contribution in [1.82, 2.24) is 5.32 Å². The summed E-state index contributed by atoms with van der Waals surface area (Å²) in [6.45, 7) is 8.60. The average molecular weight is 513 g/mol. The van der Waals surface area contributed by atoms with Crippen LogP contribution >= 0.6 is 0 Å². The van der Waals surface area contributed by atoms with Gasteiger partial charge in [0.15, 0.2) is 0 Å². The van der Waals surface area contributed by atoms with E-state index >= 15 is 0 Å². The third-order valence-corrected chi connectivity index (χ3v) is 6.39. The third kappa shape index (κ3) is 10.1. The highest BCUT2D eigenvalue weighted by Crippen LogP contribution is 2.30. The lowest BCUT2D eigenvalue weighted by atomic mass is 9.91. The second-order valence-electron chi connectivity index (χ2n) is 9.31. The molecule has 5 heteroatoms. The number of phenolic OH excluding ortho intramolecular Hbond substituents is 1. The zero-order valence-electron chi connectivity index (χ0n) is 23.1. The first-order valence-electron chi connectivity index (χ1n) is 12.9. The Morgan fingerprint density at radius 1 is 0.921 bits per heavy atom. The van der Waals surface area contributed by atoms with E-state index in [4.69, 9.17) is 0 Å². The fraction of sp³-hybridized carbons (Fsp3) is 0.273. The van der Waals surface area contributed by atoms with Crippen molar-refractivity contribution in [2.24, 2.45) is 0 Å². The highest BCUT2D eigenvalue weighted by molar-refractivity contribution is 5.77. The molecule has 0 aliphatic heterocycles. The quantitative estimate of drug-likeness (QED) is 0.155. The number of anilines is 1. The number of phenols is 1. The molecule has 1 amide bonds. The molecule has 1 atom stereocenters. The number of hydrogen-bond donors (Lipinski definition) is 3. The number of carbonyl (C=O) groups is 2. The maximum absolute atomic E-state index is 10.7. The molecule has 3 aromatic rings. The number of hydrogen-bond acceptors (Lipinski definition) is 4. The Hall–Kier alpha value is -4.12. The molecule has 5 nitrogen and oxygen atoms in total. The summed E-state index contributed by atoms with van der Waals surface area (Å²) in [6, 6.07) is 24.2. The van der Waals surface area contributed by atoms with Crippen LogP contribution in [-0.2, 0) is 22.6 Å². The summed E-state index contributed by atoms with van der Waals surface area (Å²) < 4.78 is 0. The fourth-order valence-corrected chi connectivity index (χ4v) is 3.80. The summed E-state index contributed by atoms with van der Waals surface area (Å²) in [4.78, 5) is 20.4. The Kier molecular flexibility index (Phi) is 12.6. The molecule has 0 heterocycles. The van der Waals surface area contributed by atoms with Gasteiger partial charge >= 0.3 is 0 Å². The molecule has 200 valence electrons. The summed E-state index contributed by atoms with van der Waals surface area (Å²) in [5.41, 5.74) is 7.96. The molecule has 0 aromatic heterocycles. The first-order chi connectivity index (χ1) is 18.2. The molecule has 3 rings (SSSR count). The van der Waals surface area contributed by atoms with Crippen LogP contribution in [0.4, 0.5) is 5.69 Å². The van der Waals surface area contributed by atoms with Crippen molar-refractivity contribution in [3.63, 3.8) is 0 Å². The lowest BCUT2D eigenvalue weighted by Gasteiger charge is -2.15. The van der Waals surface area contributed by atoms with Gasteiger partial charge in [-0.25, -0.2) is 0 Å². The number of nitrogens with one attached hydrogen (secondary N) is 2. The van der Waals surface area contributed by atoms with Gasteiger partial charge < -0.3 is 20.5 Å². The zero-order valence-corrected chi connectivity index (χ0v) is 23.1. The van der Waals surface area contributed by atoms with Crippen molar-refractivity contribution in [2.75, 3.05) is 12.4 Å². The number of benzene rings is 3. The summed E-state index contributed by atoms with van der Waals surface area (Å²) in [7, 11) is 1.60. The monoisotopic (exact) mass is 512 g/mol. The fourth-order valence-electron chi connectivity index (χ4n) is 3.80. The first kappa shape index (κ1) is 30.1. The molecule has 0 aliphatic carbocycles. The number of aromatic hydroxyl groups is 1. The minimum atomic E-state index is 0.00463.